The van der Waals surface area contributed by atoms with Crippen molar-refractivity contribution in [1.82, 2.24) is 0 Å². The van der Waals surface area contributed by atoms with E-state index in [-0.39, 0.29) is 31.0 Å². The first kappa shape index (κ1) is 18.7. The van der Waals surface area contributed by atoms with Crippen LogP contribution < -0.4 is 15.4 Å². The molecule has 0 aliphatic heterocycles. The average molecular weight is 329 g/mol. The summed E-state index contributed by atoms with van der Waals surface area (Å²) in [6.45, 7) is 2.31. The number of rotatable bonds is 7. The third-order valence-corrected chi connectivity index (χ3v) is 3.96. The fourth-order valence-corrected chi connectivity index (χ4v) is 2.52. The van der Waals surface area contributed by atoms with Gasteiger partial charge < -0.3 is 20.1 Å². The Balaban J connectivity index is 0.00000242. The third kappa shape index (κ3) is 4.35. The molecule has 5 nitrogen and oxygen atoms in total. The van der Waals surface area contributed by atoms with Crippen LogP contribution in [-0.4, -0.2) is 38.8 Å². The van der Waals surface area contributed by atoms with Gasteiger partial charge >= 0.3 is 0 Å². The Labute approximate surface area is 138 Å². The third-order valence-electron chi connectivity index (χ3n) is 3.96. The van der Waals surface area contributed by atoms with Gasteiger partial charge in [0.25, 0.3) is 0 Å². The lowest BCUT2D eigenvalue weighted by Gasteiger charge is -2.31. The summed E-state index contributed by atoms with van der Waals surface area (Å²) >= 11 is 0. The number of anilines is 1. The molecule has 1 aromatic rings. The van der Waals surface area contributed by atoms with Crippen molar-refractivity contribution in [2.45, 2.75) is 31.8 Å². The van der Waals surface area contributed by atoms with Crippen LogP contribution in [0, 0.1) is 5.92 Å². The molecule has 2 atom stereocenters. The van der Waals surface area contributed by atoms with Crippen LogP contribution in [0.15, 0.2) is 24.3 Å². The first-order valence-corrected chi connectivity index (χ1v) is 7.30. The maximum Gasteiger partial charge on any atom is 0.246 e. The summed E-state index contributed by atoms with van der Waals surface area (Å²) in [7, 11) is 3.18. The largest absolute Gasteiger partial charge is 0.497 e. The Kier molecular flexibility index (Phi) is 7.13. The number of amides is 1. The summed E-state index contributed by atoms with van der Waals surface area (Å²) in [5.74, 6) is 1.23. The Morgan fingerprint density at radius 1 is 1.32 bits per heavy atom. The number of carbonyl (C=O) groups excluding carboxylic acids is 1. The van der Waals surface area contributed by atoms with Gasteiger partial charge in [0.05, 0.1) is 13.7 Å². The van der Waals surface area contributed by atoms with Crippen LogP contribution in [0.5, 0.6) is 5.75 Å². The zero-order valence-corrected chi connectivity index (χ0v) is 14.1. The molecule has 124 valence electrons. The van der Waals surface area contributed by atoms with E-state index in [1.165, 1.54) is 12.8 Å². The number of carbonyl (C=O) groups is 1. The fourth-order valence-electron chi connectivity index (χ4n) is 2.52. The Bertz CT molecular complexity index is 477. The zero-order chi connectivity index (χ0) is 15.4. The fraction of sp³-hybridized carbons (Fsp3) is 0.562. The number of nitrogens with zero attached hydrogens (tertiary/aromatic N) is 1. The molecule has 1 aliphatic carbocycles. The van der Waals surface area contributed by atoms with E-state index < -0.39 is 6.04 Å². The molecule has 1 fully saturated rings. The van der Waals surface area contributed by atoms with E-state index in [1.54, 1.807) is 19.1 Å². The van der Waals surface area contributed by atoms with Crippen molar-refractivity contribution in [1.29, 1.82) is 0 Å². The van der Waals surface area contributed by atoms with E-state index in [1.807, 2.05) is 24.3 Å². The van der Waals surface area contributed by atoms with E-state index in [2.05, 4.69) is 6.92 Å². The zero-order valence-electron chi connectivity index (χ0n) is 13.3. The molecule has 0 radical (unpaired) electrons. The number of methoxy groups -OCH3 is 2. The van der Waals surface area contributed by atoms with Gasteiger partial charge in [-0.15, -0.1) is 12.4 Å². The molecule has 0 bridgehead atoms. The van der Waals surface area contributed by atoms with Crippen LogP contribution in [0.25, 0.3) is 0 Å². The number of benzene rings is 1. The SMILES string of the molecule is COCC(N)C(=O)N(c1ccc(OC)cc1)C(C)C1CC1.Cl. The molecule has 2 rings (SSSR count). The molecule has 0 aromatic heterocycles. The van der Waals surface area contributed by atoms with Gasteiger partial charge in [-0.2, -0.15) is 0 Å². The van der Waals surface area contributed by atoms with Crippen LogP contribution >= 0.6 is 12.4 Å². The molecule has 2 N–H and O–H groups in total. The molecular weight excluding hydrogens is 304 g/mol. The van der Waals surface area contributed by atoms with Crippen LogP contribution in [0.3, 0.4) is 0 Å². The second-order valence-corrected chi connectivity index (χ2v) is 5.55. The van der Waals surface area contributed by atoms with Gasteiger partial charge in [0.1, 0.15) is 11.8 Å². The molecule has 6 heteroatoms. The quantitative estimate of drug-likeness (QED) is 0.833. The normalized spacial score (nSPS) is 16.4. The number of hydrogen-bond donors (Lipinski definition) is 1. The van der Waals surface area contributed by atoms with Crippen molar-refractivity contribution in [2.75, 3.05) is 25.7 Å². The number of hydrogen-bond acceptors (Lipinski definition) is 4. The molecule has 1 amide bonds. The second kappa shape index (κ2) is 8.36. The number of halogens is 1. The van der Waals surface area contributed by atoms with Crippen molar-refractivity contribution in [3.05, 3.63) is 24.3 Å². The second-order valence-electron chi connectivity index (χ2n) is 5.55. The van der Waals surface area contributed by atoms with Gasteiger partial charge in [0, 0.05) is 18.8 Å². The molecule has 1 aliphatic rings. The minimum absolute atomic E-state index is 0. The molecular formula is C16H25ClN2O3. The van der Waals surface area contributed by atoms with Crippen LogP contribution in [0.1, 0.15) is 19.8 Å². The van der Waals surface area contributed by atoms with Crippen molar-refractivity contribution in [2.24, 2.45) is 11.7 Å². The minimum atomic E-state index is -0.640. The lowest BCUT2D eigenvalue weighted by Crippen LogP contribution is -2.50. The van der Waals surface area contributed by atoms with Crippen molar-refractivity contribution < 1.29 is 14.3 Å². The predicted molar refractivity (Wildman–Crippen MR) is 89.8 cm³/mol. The van der Waals surface area contributed by atoms with Gasteiger partial charge in [0.15, 0.2) is 0 Å². The van der Waals surface area contributed by atoms with Crippen LogP contribution in [0.4, 0.5) is 5.69 Å². The van der Waals surface area contributed by atoms with Gasteiger partial charge in [-0.25, -0.2) is 0 Å². The van der Waals surface area contributed by atoms with Gasteiger partial charge in [0.2, 0.25) is 5.91 Å². The highest BCUT2D eigenvalue weighted by Crippen LogP contribution is 2.37. The lowest BCUT2D eigenvalue weighted by molar-refractivity contribution is -0.121. The molecule has 1 aromatic carbocycles. The topological polar surface area (TPSA) is 64.8 Å². The van der Waals surface area contributed by atoms with E-state index in [4.69, 9.17) is 15.2 Å². The molecule has 22 heavy (non-hydrogen) atoms. The summed E-state index contributed by atoms with van der Waals surface area (Å²) in [6.07, 6.45) is 2.33. The smallest absolute Gasteiger partial charge is 0.246 e. The average Bonchev–Trinajstić information content (AvgIpc) is 3.33. The minimum Gasteiger partial charge on any atom is -0.497 e. The van der Waals surface area contributed by atoms with E-state index in [0.717, 1.165) is 11.4 Å². The summed E-state index contributed by atoms with van der Waals surface area (Å²) in [4.78, 5) is 14.5. The lowest BCUT2D eigenvalue weighted by atomic mass is 10.1. The van der Waals surface area contributed by atoms with Gasteiger partial charge in [-0.1, -0.05) is 0 Å². The highest BCUT2D eigenvalue weighted by molar-refractivity contribution is 5.97. The standard InChI is InChI=1S/C16H24N2O3.ClH/c1-11(12-4-5-12)18(16(19)15(17)10-20-2)13-6-8-14(21-3)9-7-13;/h6-9,11-12,15H,4-5,10,17H2,1-3H3;1H. The Morgan fingerprint density at radius 2 is 1.91 bits per heavy atom. The maximum atomic E-state index is 12.7. The summed E-state index contributed by atoms with van der Waals surface area (Å²) in [5.41, 5.74) is 6.79. The molecule has 0 spiro atoms. The monoisotopic (exact) mass is 328 g/mol. The van der Waals surface area contributed by atoms with E-state index in [9.17, 15) is 4.79 Å². The number of ether oxygens (including phenoxy) is 2. The molecule has 0 saturated heterocycles. The molecule has 2 unspecified atom stereocenters. The highest BCUT2D eigenvalue weighted by atomic mass is 35.5. The van der Waals surface area contributed by atoms with Gasteiger partial charge in [-0.05, 0) is 49.9 Å². The van der Waals surface area contributed by atoms with Gasteiger partial charge in [-0.3, -0.25) is 4.79 Å². The Morgan fingerprint density at radius 3 is 2.36 bits per heavy atom. The van der Waals surface area contributed by atoms with Crippen molar-refractivity contribution in [3.63, 3.8) is 0 Å². The molecule has 0 heterocycles. The highest BCUT2D eigenvalue weighted by Gasteiger charge is 2.36. The summed E-state index contributed by atoms with van der Waals surface area (Å²) in [5, 5.41) is 0. The first-order valence-electron chi connectivity index (χ1n) is 7.30. The van der Waals surface area contributed by atoms with Crippen LogP contribution in [-0.2, 0) is 9.53 Å². The van der Waals surface area contributed by atoms with E-state index in [0.29, 0.717) is 5.92 Å². The van der Waals surface area contributed by atoms with Crippen molar-refractivity contribution in [3.8, 4) is 5.75 Å². The van der Waals surface area contributed by atoms with Crippen molar-refractivity contribution >= 4 is 24.0 Å². The number of nitrogens with two attached hydrogens (primary N) is 1. The summed E-state index contributed by atoms with van der Waals surface area (Å²) in [6, 6.07) is 7.02. The van der Waals surface area contributed by atoms with Crippen LogP contribution in [0.2, 0.25) is 0 Å². The maximum absolute atomic E-state index is 12.7. The Hall–Kier alpha value is -1.30. The van der Waals surface area contributed by atoms with E-state index >= 15 is 0 Å². The predicted octanol–water partition coefficient (Wildman–Crippen LogP) is 2.22. The summed E-state index contributed by atoms with van der Waals surface area (Å²) < 4.78 is 10.2. The first-order chi connectivity index (χ1) is 10.1. The molecule has 1 saturated carbocycles.